The number of carbonyl (C=O) groups is 2. The predicted octanol–water partition coefficient (Wildman–Crippen LogP) is 2.28. The largest absolute Gasteiger partial charge is 0.480 e. The van der Waals surface area contributed by atoms with Crippen LogP contribution in [0.5, 0.6) is 0 Å². The second-order valence-electron chi connectivity index (χ2n) is 4.56. The van der Waals surface area contributed by atoms with E-state index in [9.17, 15) is 9.59 Å². The van der Waals surface area contributed by atoms with Gasteiger partial charge in [-0.05, 0) is 18.6 Å². The molecule has 0 saturated heterocycles. The molecule has 1 N–H and O–H groups in total. The highest BCUT2D eigenvalue weighted by molar-refractivity contribution is 5.96. The lowest BCUT2D eigenvalue weighted by Crippen LogP contribution is -2.36. The number of nitrogens with zero attached hydrogens (tertiary/aromatic N) is 2. The maximum atomic E-state index is 12.3. The molecule has 0 bridgehead atoms. The van der Waals surface area contributed by atoms with Crippen molar-refractivity contribution in [1.29, 1.82) is 0 Å². The van der Waals surface area contributed by atoms with Crippen LogP contribution in [-0.2, 0) is 4.79 Å². The molecule has 0 saturated carbocycles. The second kappa shape index (κ2) is 6.69. The van der Waals surface area contributed by atoms with Crippen molar-refractivity contribution in [3.8, 4) is 11.3 Å². The van der Waals surface area contributed by atoms with Gasteiger partial charge in [-0.1, -0.05) is 19.1 Å². The highest BCUT2D eigenvalue weighted by Gasteiger charge is 2.17. The van der Waals surface area contributed by atoms with E-state index in [0.717, 1.165) is 5.56 Å². The third-order valence-corrected chi connectivity index (χ3v) is 2.96. The first-order chi connectivity index (χ1) is 10.1. The van der Waals surface area contributed by atoms with E-state index >= 15 is 0 Å². The van der Waals surface area contributed by atoms with Crippen molar-refractivity contribution in [2.24, 2.45) is 0 Å². The van der Waals surface area contributed by atoms with Crippen molar-refractivity contribution in [3.63, 3.8) is 0 Å². The molecule has 0 aliphatic carbocycles. The molecule has 110 valence electrons. The number of carboxylic acids is 1. The quantitative estimate of drug-likeness (QED) is 0.881. The molecule has 0 aliphatic rings. The van der Waals surface area contributed by atoms with Crippen molar-refractivity contribution < 1.29 is 19.1 Å². The lowest BCUT2D eigenvalue weighted by atomic mass is 10.1. The third-order valence-electron chi connectivity index (χ3n) is 2.96. The number of amides is 1. The van der Waals surface area contributed by atoms with Gasteiger partial charge in [-0.3, -0.25) is 9.59 Å². The van der Waals surface area contributed by atoms with Crippen molar-refractivity contribution in [2.45, 2.75) is 13.3 Å². The fraction of sp³-hybridized carbons (Fsp3) is 0.267. The number of carbonyl (C=O) groups excluding carboxylic acids is 1. The van der Waals surface area contributed by atoms with Crippen LogP contribution in [0.25, 0.3) is 11.3 Å². The molecule has 6 heteroatoms. The van der Waals surface area contributed by atoms with E-state index in [2.05, 4.69) is 4.98 Å². The van der Waals surface area contributed by atoms with Gasteiger partial charge < -0.3 is 14.4 Å². The maximum absolute atomic E-state index is 12.3. The zero-order chi connectivity index (χ0) is 15.2. The molecular formula is C15H16N2O4. The summed E-state index contributed by atoms with van der Waals surface area (Å²) in [6.45, 7) is 2.01. The van der Waals surface area contributed by atoms with E-state index in [-0.39, 0.29) is 12.5 Å². The van der Waals surface area contributed by atoms with Crippen LogP contribution in [0.2, 0.25) is 0 Å². The summed E-state index contributed by atoms with van der Waals surface area (Å²) in [5.41, 5.74) is 1.26. The van der Waals surface area contributed by atoms with Crippen LogP contribution in [0.4, 0.5) is 0 Å². The summed E-state index contributed by atoms with van der Waals surface area (Å²) in [7, 11) is 0. The molecule has 2 aromatic rings. The van der Waals surface area contributed by atoms with Crippen LogP contribution in [0.1, 0.15) is 23.7 Å². The monoisotopic (exact) mass is 288 g/mol. The predicted molar refractivity (Wildman–Crippen MR) is 75.8 cm³/mol. The van der Waals surface area contributed by atoms with Gasteiger partial charge in [-0.2, -0.15) is 0 Å². The van der Waals surface area contributed by atoms with Crippen LogP contribution in [-0.4, -0.2) is 40.0 Å². The average Bonchev–Trinajstić information content (AvgIpc) is 3.00. The van der Waals surface area contributed by atoms with Crippen LogP contribution >= 0.6 is 0 Å². The first-order valence-corrected chi connectivity index (χ1v) is 6.61. The van der Waals surface area contributed by atoms with Gasteiger partial charge >= 0.3 is 5.97 Å². The Kier molecular flexibility index (Phi) is 4.71. The van der Waals surface area contributed by atoms with Crippen molar-refractivity contribution in [1.82, 2.24) is 9.88 Å². The molecule has 1 aromatic carbocycles. The Morgan fingerprint density at radius 2 is 2.00 bits per heavy atom. The van der Waals surface area contributed by atoms with Crippen molar-refractivity contribution >= 4 is 11.9 Å². The van der Waals surface area contributed by atoms with Gasteiger partial charge in [0.15, 0.2) is 12.2 Å². The lowest BCUT2D eigenvalue weighted by Gasteiger charge is -2.20. The zero-order valence-electron chi connectivity index (χ0n) is 11.7. The van der Waals surface area contributed by atoms with E-state index in [4.69, 9.17) is 9.52 Å². The molecular weight excluding hydrogens is 272 g/mol. The topological polar surface area (TPSA) is 83.6 Å². The molecule has 1 amide bonds. The Bertz CT molecular complexity index is 605. The highest BCUT2D eigenvalue weighted by Crippen LogP contribution is 2.19. The van der Waals surface area contributed by atoms with Gasteiger partial charge in [-0.15, -0.1) is 0 Å². The van der Waals surface area contributed by atoms with E-state index in [1.807, 2.05) is 6.92 Å². The number of aliphatic carboxylic acids is 1. The van der Waals surface area contributed by atoms with Crippen LogP contribution in [0, 0.1) is 0 Å². The number of rotatable bonds is 6. The summed E-state index contributed by atoms with van der Waals surface area (Å²) in [6, 6.07) is 6.81. The fourth-order valence-electron chi connectivity index (χ4n) is 2.00. The number of aromatic nitrogens is 1. The van der Waals surface area contributed by atoms with Gasteiger partial charge in [0.1, 0.15) is 6.54 Å². The molecule has 1 heterocycles. The molecule has 1 aromatic heterocycles. The number of oxazole rings is 1. The van der Waals surface area contributed by atoms with Gasteiger partial charge in [0, 0.05) is 17.7 Å². The third kappa shape index (κ3) is 3.68. The molecule has 0 spiro atoms. The van der Waals surface area contributed by atoms with Gasteiger partial charge in [0.2, 0.25) is 0 Å². The first-order valence-electron chi connectivity index (χ1n) is 6.61. The SMILES string of the molecule is CCCN(CC(=O)O)C(=O)c1ccc(-c2cnco2)cc1. The molecule has 0 unspecified atom stereocenters. The fourth-order valence-corrected chi connectivity index (χ4v) is 2.00. The maximum Gasteiger partial charge on any atom is 0.323 e. The smallest absolute Gasteiger partial charge is 0.323 e. The number of hydrogen-bond donors (Lipinski definition) is 1. The van der Waals surface area contributed by atoms with Gasteiger partial charge in [0.05, 0.1) is 6.20 Å². The summed E-state index contributed by atoms with van der Waals surface area (Å²) in [6.07, 6.45) is 3.63. The lowest BCUT2D eigenvalue weighted by molar-refractivity contribution is -0.137. The Balaban J connectivity index is 2.16. The molecule has 0 aliphatic heterocycles. The normalized spacial score (nSPS) is 10.3. The van der Waals surface area contributed by atoms with Crippen LogP contribution < -0.4 is 0 Å². The summed E-state index contributed by atoms with van der Waals surface area (Å²) >= 11 is 0. The highest BCUT2D eigenvalue weighted by atomic mass is 16.4. The molecule has 6 nitrogen and oxygen atoms in total. The molecule has 0 radical (unpaired) electrons. The van der Waals surface area contributed by atoms with Crippen LogP contribution in [0.15, 0.2) is 41.3 Å². The minimum Gasteiger partial charge on any atom is -0.480 e. The number of carboxylic acid groups (broad SMARTS) is 1. The van der Waals surface area contributed by atoms with Crippen molar-refractivity contribution in [3.05, 3.63) is 42.4 Å². The van der Waals surface area contributed by atoms with Gasteiger partial charge in [-0.25, -0.2) is 4.98 Å². The summed E-state index contributed by atoms with van der Waals surface area (Å²) < 4.78 is 5.17. The average molecular weight is 288 g/mol. The first kappa shape index (κ1) is 14.8. The van der Waals surface area contributed by atoms with Crippen molar-refractivity contribution in [2.75, 3.05) is 13.1 Å². The number of hydrogen-bond acceptors (Lipinski definition) is 4. The minimum absolute atomic E-state index is 0.289. The van der Waals surface area contributed by atoms with Gasteiger partial charge in [0.25, 0.3) is 5.91 Å². The summed E-state index contributed by atoms with van der Waals surface area (Å²) in [5.74, 6) is -0.691. The Labute approximate surface area is 122 Å². The molecule has 0 fully saturated rings. The van der Waals surface area contributed by atoms with E-state index in [0.29, 0.717) is 24.3 Å². The Hall–Kier alpha value is -2.63. The van der Waals surface area contributed by atoms with Crippen LogP contribution in [0.3, 0.4) is 0 Å². The second-order valence-corrected chi connectivity index (χ2v) is 4.56. The van der Waals surface area contributed by atoms with E-state index in [1.54, 1.807) is 30.5 Å². The molecule has 0 atom stereocenters. The molecule has 2 rings (SSSR count). The molecule has 21 heavy (non-hydrogen) atoms. The zero-order valence-corrected chi connectivity index (χ0v) is 11.7. The summed E-state index contributed by atoms with van der Waals surface area (Å²) in [4.78, 5) is 28.3. The van der Waals surface area contributed by atoms with E-state index in [1.165, 1.54) is 11.3 Å². The Morgan fingerprint density at radius 1 is 1.29 bits per heavy atom. The van der Waals surface area contributed by atoms with E-state index < -0.39 is 5.97 Å². The standard InChI is InChI=1S/C15H16N2O4/c1-2-7-17(9-14(18)19)15(20)12-5-3-11(4-6-12)13-8-16-10-21-13/h3-6,8,10H,2,7,9H2,1H3,(H,18,19). The number of benzene rings is 1. The minimum atomic E-state index is -1.02. The summed E-state index contributed by atoms with van der Waals surface area (Å²) in [5, 5.41) is 8.86. The Morgan fingerprint density at radius 3 is 2.52 bits per heavy atom.